The highest BCUT2D eigenvalue weighted by molar-refractivity contribution is 5.86. The zero-order valence-corrected chi connectivity index (χ0v) is 12.9. The Balaban J connectivity index is 2.75. The van der Waals surface area contributed by atoms with Crippen LogP contribution in [0.15, 0.2) is 12.1 Å². The second-order valence-corrected chi connectivity index (χ2v) is 4.44. The number of anilines is 2. The highest BCUT2D eigenvalue weighted by Gasteiger charge is 2.15. The molecular formula is C14H23N3O4. The van der Waals surface area contributed by atoms with Crippen molar-refractivity contribution in [1.82, 2.24) is 5.32 Å². The third kappa shape index (κ3) is 4.71. The van der Waals surface area contributed by atoms with Crippen LogP contribution in [-0.2, 0) is 9.53 Å². The summed E-state index contributed by atoms with van der Waals surface area (Å²) >= 11 is 0. The second kappa shape index (κ2) is 8.21. The molecular weight excluding hydrogens is 274 g/mol. The lowest BCUT2D eigenvalue weighted by molar-refractivity contribution is -0.121. The van der Waals surface area contributed by atoms with Crippen LogP contribution in [0.25, 0.3) is 0 Å². The van der Waals surface area contributed by atoms with Crippen LogP contribution in [0.2, 0.25) is 0 Å². The van der Waals surface area contributed by atoms with Gasteiger partial charge in [0, 0.05) is 25.8 Å². The topological polar surface area (TPSA) is 94.8 Å². The van der Waals surface area contributed by atoms with Crippen LogP contribution in [-0.4, -0.2) is 46.4 Å². The van der Waals surface area contributed by atoms with E-state index in [9.17, 15) is 4.79 Å². The minimum Gasteiger partial charge on any atom is -0.493 e. The summed E-state index contributed by atoms with van der Waals surface area (Å²) in [5.74, 6) is 0.945. The number of rotatable bonds is 8. The van der Waals surface area contributed by atoms with Crippen LogP contribution in [0.1, 0.15) is 6.92 Å². The van der Waals surface area contributed by atoms with Gasteiger partial charge >= 0.3 is 0 Å². The van der Waals surface area contributed by atoms with Crippen molar-refractivity contribution in [1.29, 1.82) is 0 Å². The lowest BCUT2D eigenvalue weighted by atomic mass is 10.2. The maximum atomic E-state index is 11.9. The summed E-state index contributed by atoms with van der Waals surface area (Å²) in [5, 5.41) is 5.80. The molecule has 7 heteroatoms. The first-order chi connectivity index (χ1) is 10.0. The molecule has 21 heavy (non-hydrogen) atoms. The molecule has 0 heterocycles. The van der Waals surface area contributed by atoms with Crippen LogP contribution in [0.5, 0.6) is 11.5 Å². The number of nitrogens with one attached hydrogen (secondary N) is 2. The van der Waals surface area contributed by atoms with Crippen LogP contribution >= 0.6 is 0 Å². The van der Waals surface area contributed by atoms with Crippen molar-refractivity contribution in [3.63, 3.8) is 0 Å². The minimum atomic E-state index is -0.442. The maximum Gasteiger partial charge on any atom is 0.242 e. The average molecular weight is 297 g/mol. The fourth-order valence-electron chi connectivity index (χ4n) is 1.75. The molecule has 1 amide bonds. The molecule has 0 aliphatic rings. The number of hydrogen-bond donors (Lipinski definition) is 3. The largest absolute Gasteiger partial charge is 0.493 e. The summed E-state index contributed by atoms with van der Waals surface area (Å²) in [7, 11) is 4.66. The molecule has 0 aliphatic heterocycles. The van der Waals surface area contributed by atoms with Gasteiger partial charge in [-0.3, -0.25) is 4.79 Å². The van der Waals surface area contributed by atoms with E-state index < -0.39 is 6.04 Å². The summed E-state index contributed by atoms with van der Waals surface area (Å²) in [4.78, 5) is 11.9. The molecule has 0 spiro atoms. The molecule has 4 N–H and O–H groups in total. The minimum absolute atomic E-state index is 0.138. The molecule has 0 fully saturated rings. The third-order valence-electron chi connectivity index (χ3n) is 2.93. The Morgan fingerprint density at radius 2 is 1.86 bits per heavy atom. The smallest absolute Gasteiger partial charge is 0.242 e. The van der Waals surface area contributed by atoms with E-state index >= 15 is 0 Å². The molecule has 1 rings (SSSR count). The van der Waals surface area contributed by atoms with Crippen LogP contribution < -0.4 is 25.8 Å². The number of carbonyl (C=O) groups is 1. The molecule has 1 aromatic rings. The Morgan fingerprint density at radius 3 is 2.43 bits per heavy atom. The molecule has 0 aromatic heterocycles. The van der Waals surface area contributed by atoms with Gasteiger partial charge in [-0.1, -0.05) is 0 Å². The third-order valence-corrected chi connectivity index (χ3v) is 2.93. The second-order valence-electron chi connectivity index (χ2n) is 4.44. The molecule has 0 radical (unpaired) electrons. The quantitative estimate of drug-likeness (QED) is 0.486. The molecule has 7 nitrogen and oxygen atoms in total. The van der Waals surface area contributed by atoms with Gasteiger partial charge in [0.15, 0.2) is 11.5 Å². The van der Waals surface area contributed by atoms with Crippen molar-refractivity contribution < 1.29 is 19.0 Å². The van der Waals surface area contributed by atoms with Gasteiger partial charge < -0.3 is 30.6 Å². The Labute approximate surface area is 124 Å². The van der Waals surface area contributed by atoms with Gasteiger partial charge in [0.25, 0.3) is 0 Å². The number of hydrogen-bond acceptors (Lipinski definition) is 6. The SMILES string of the molecule is COCCNC(=O)C(C)Nc1cc(OC)c(OC)cc1N. The Kier molecular flexibility index (Phi) is 6.61. The van der Waals surface area contributed by atoms with E-state index in [1.54, 1.807) is 33.3 Å². The average Bonchev–Trinajstić information content (AvgIpc) is 2.48. The fourth-order valence-corrected chi connectivity index (χ4v) is 1.75. The molecule has 1 atom stereocenters. The molecule has 0 aliphatic carbocycles. The van der Waals surface area contributed by atoms with Crippen molar-refractivity contribution in [3.8, 4) is 11.5 Å². The van der Waals surface area contributed by atoms with Gasteiger partial charge in [0.05, 0.1) is 32.2 Å². The predicted octanol–water partition coefficient (Wildman–Crippen LogP) is 0.849. The van der Waals surface area contributed by atoms with Gasteiger partial charge in [0.2, 0.25) is 5.91 Å². The van der Waals surface area contributed by atoms with Crippen molar-refractivity contribution >= 4 is 17.3 Å². The summed E-state index contributed by atoms with van der Waals surface area (Å²) in [6, 6.07) is 2.91. The van der Waals surface area contributed by atoms with E-state index in [2.05, 4.69) is 10.6 Å². The Hall–Kier alpha value is -2.15. The number of amides is 1. The van der Waals surface area contributed by atoms with Gasteiger partial charge in [-0.15, -0.1) is 0 Å². The zero-order chi connectivity index (χ0) is 15.8. The summed E-state index contributed by atoms with van der Waals surface area (Å²) in [6.07, 6.45) is 0. The van der Waals surface area contributed by atoms with Crippen LogP contribution in [0, 0.1) is 0 Å². The number of ether oxygens (including phenoxy) is 3. The van der Waals surface area contributed by atoms with Gasteiger partial charge in [-0.05, 0) is 6.92 Å². The standard InChI is InChI=1S/C14H23N3O4/c1-9(14(18)16-5-6-19-2)17-11-8-13(21-4)12(20-3)7-10(11)15/h7-9,17H,5-6,15H2,1-4H3,(H,16,18). The number of carbonyl (C=O) groups excluding carboxylic acids is 1. The van der Waals surface area contributed by atoms with E-state index in [-0.39, 0.29) is 5.91 Å². The number of nitrogen functional groups attached to an aromatic ring is 1. The summed E-state index contributed by atoms with van der Waals surface area (Å²) in [6.45, 7) is 2.68. The predicted molar refractivity (Wildman–Crippen MR) is 81.9 cm³/mol. The van der Waals surface area contributed by atoms with Crippen molar-refractivity contribution in [2.45, 2.75) is 13.0 Å². The van der Waals surface area contributed by atoms with Crippen molar-refractivity contribution in [2.75, 3.05) is 45.5 Å². The first kappa shape index (κ1) is 16.9. The number of methoxy groups -OCH3 is 3. The number of nitrogens with two attached hydrogens (primary N) is 1. The van der Waals surface area contributed by atoms with E-state index in [1.165, 1.54) is 7.11 Å². The molecule has 0 saturated carbocycles. The highest BCUT2D eigenvalue weighted by atomic mass is 16.5. The molecule has 0 bridgehead atoms. The molecule has 0 saturated heterocycles. The lowest BCUT2D eigenvalue weighted by Crippen LogP contribution is -2.39. The van der Waals surface area contributed by atoms with Gasteiger partial charge in [-0.2, -0.15) is 0 Å². The maximum absolute atomic E-state index is 11.9. The van der Waals surface area contributed by atoms with Crippen molar-refractivity contribution in [3.05, 3.63) is 12.1 Å². The molecule has 1 aromatic carbocycles. The fraction of sp³-hybridized carbons (Fsp3) is 0.500. The van der Waals surface area contributed by atoms with E-state index in [4.69, 9.17) is 19.9 Å². The molecule has 118 valence electrons. The Bertz CT molecular complexity index is 480. The first-order valence-corrected chi connectivity index (χ1v) is 6.58. The van der Waals surface area contributed by atoms with Gasteiger partial charge in [0.1, 0.15) is 6.04 Å². The van der Waals surface area contributed by atoms with E-state index in [1.807, 2.05) is 0 Å². The molecule has 1 unspecified atom stereocenters. The first-order valence-electron chi connectivity index (χ1n) is 6.58. The Morgan fingerprint density at radius 1 is 1.24 bits per heavy atom. The summed E-state index contributed by atoms with van der Waals surface area (Å²) < 4.78 is 15.3. The van der Waals surface area contributed by atoms with E-state index in [0.717, 1.165) is 0 Å². The highest BCUT2D eigenvalue weighted by Crippen LogP contribution is 2.35. The number of benzene rings is 1. The normalized spacial score (nSPS) is 11.6. The summed E-state index contributed by atoms with van der Waals surface area (Å²) in [5.41, 5.74) is 7.03. The van der Waals surface area contributed by atoms with Crippen molar-refractivity contribution in [2.24, 2.45) is 0 Å². The van der Waals surface area contributed by atoms with Gasteiger partial charge in [-0.25, -0.2) is 0 Å². The monoisotopic (exact) mass is 297 g/mol. The zero-order valence-electron chi connectivity index (χ0n) is 12.9. The van der Waals surface area contributed by atoms with Crippen LogP contribution in [0.4, 0.5) is 11.4 Å². The van der Waals surface area contributed by atoms with Crippen LogP contribution in [0.3, 0.4) is 0 Å². The van der Waals surface area contributed by atoms with E-state index in [0.29, 0.717) is 36.0 Å². The lowest BCUT2D eigenvalue weighted by Gasteiger charge is -2.18.